The first-order valence-electron chi connectivity index (χ1n) is 21.4. The van der Waals surface area contributed by atoms with Crippen LogP contribution in [-0.4, -0.2) is 26.4 Å². The summed E-state index contributed by atoms with van der Waals surface area (Å²) in [7, 11) is 0. The van der Waals surface area contributed by atoms with Gasteiger partial charge in [-0.05, 0) is 93.7 Å². The monoisotopic (exact) mass is 730 g/mol. The van der Waals surface area contributed by atoms with Crippen LogP contribution in [0.1, 0.15) is 130 Å². The van der Waals surface area contributed by atoms with E-state index in [1.54, 1.807) is 0 Å². The Morgan fingerprint density at radius 2 is 0.611 bits per heavy atom. The third kappa shape index (κ3) is 11.4. The summed E-state index contributed by atoms with van der Waals surface area (Å²) in [4.78, 5) is 0. The van der Waals surface area contributed by atoms with Crippen molar-refractivity contribution in [3.8, 4) is 45.3 Å². The zero-order valence-electron chi connectivity index (χ0n) is 33.9. The van der Waals surface area contributed by atoms with Crippen molar-refractivity contribution in [1.82, 2.24) is 0 Å². The molecular formula is C50H66O4. The van der Waals surface area contributed by atoms with Crippen LogP contribution in [0.5, 0.6) is 23.0 Å². The van der Waals surface area contributed by atoms with Crippen LogP contribution in [0.3, 0.4) is 0 Å². The lowest BCUT2D eigenvalue weighted by Crippen LogP contribution is -2.03. The van der Waals surface area contributed by atoms with Gasteiger partial charge in [0.2, 0.25) is 0 Å². The zero-order valence-corrected chi connectivity index (χ0v) is 33.9. The molecule has 5 aromatic rings. The number of fused-ring (bicyclic) bond motifs is 2. The van der Waals surface area contributed by atoms with E-state index >= 15 is 0 Å². The van der Waals surface area contributed by atoms with Gasteiger partial charge in [-0.15, -0.1) is 0 Å². The van der Waals surface area contributed by atoms with Gasteiger partial charge in [0.25, 0.3) is 0 Å². The third-order valence-corrected chi connectivity index (χ3v) is 10.4. The second kappa shape index (κ2) is 22.9. The number of benzene rings is 5. The quantitative estimate of drug-likeness (QED) is 0.0419. The summed E-state index contributed by atoms with van der Waals surface area (Å²) in [6.45, 7) is 11.8. The standard InChI is InChI=1S/C50H66O4/c1-5-9-13-21-33-51-45-31-29-39(37-47(45)53-35-23-15-11-7-3)49-41-25-17-19-27-43(41)50(44-28-20-18-26-42(44)49)40-30-32-46(52-34-22-14-10-6-2)48(38-40)54-36-24-16-12-8-4/h17-20,25-32,37-38H,5-16,21-24,33-36H2,1-4H3. The highest BCUT2D eigenvalue weighted by Gasteiger charge is 2.19. The third-order valence-electron chi connectivity index (χ3n) is 10.4. The first-order valence-corrected chi connectivity index (χ1v) is 21.4. The van der Waals surface area contributed by atoms with Crippen molar-refractivity contribution >= 4 is 21.5 Å². The molecule has 0 fully saturated rings. The lowest BCUT2D eigenvalue weighted by Gasteiger charge is -2.20. The normalized spacial score (nSPS) is 11.3. The molecule has 0 saturated heterocycles. The Hall–Kier alpha value is -4.18. The molecular weight excluding hydrogens is 665 g/mol. The Bertz CT molecular complexity index is 1650. The molecule has 0 spiro atoms. The second-order valence-corrected chi connectivity index (χ2v) is 14.8. The van der Waals surface area contributed by atoms with E-state index in [4.69, 9.17) is 18.9 Å². The summed E-state index contributed by atoms with van der Waals surface area (Å²) in [6.07, 6.45) is 18.7. The van der Waals surface area contributed by atoms with Gasteiger partial charge in [0.1, 0.15) is 0 Å². The van der Waals surface area contributed by atoms with Gasteiger partial charge in [-0.1, -0.05) is 165 Å². The van der Waals surface area contributed by atoms with Crippen LogP contribution in [0.15, 0.2) is 84.9 Å². The molecule has 0 amide bonds. The highest BCUT2D eigenvalue weighted by Crippen LogP contribution is 2.46. The van der Waals surface area contributed by atoms with Crippen molar-refractivity contribution < 1.29 is 18.9 Å². The van der Waals surface area contributed by atoms with Crippen LogP contribution < -0.4 is 18.9 Å². The first kappa shape index (κ1) is 41.0. The Morgan fingerprint density at radius 1 is 0.315 bits per heavy atom. The van der Waals surface area contributed by atoms with Crippen molar-refractivity contribution in [1.29, 1.82) is 0 Å². The van der Waals surface area contributed by atoms with Crippen molar-refractivity contribution in [3.05, 3.63) is 84.9 Å². The number of hydrogen-bond acceptors (Lipinski definition) is 4. The molecule has 5 rings (SSSR count). The molecule has 4 heteroatoms. The fraction of sp³-hybridized carbons (Fsp3) is 0.480. The molecule has 4 nitrogen and oxygen atoms in total. The van der Waals surface area contributed by atoms with Crippen molar-refractivity contribution in [2.75, 3.05) is 26.4 Å². The van der Waals surface area contributed by atoms with Crippen LogP contribution in [0.25, 0.3) is 43.8 Å². The minimum Gasteiger partial charge on any atom is -0.490 e. The molecule has 0 aliphatic carbocycles. The fourth-order valence-electron chi connectivity index (χ4n) is 7.39. The second-order valence-electron chi connectivity index (χ2n) is 14.8. The van der Waals surface area contributed by atoms with E-state index in [0.717, 1.165) is 59.8 Å². The summed E-state index contributed by atoms with van der Waals surface area (Å²) < 4.78 is 25.8. The molecule has 0 bridgehead atoms. The van der Waals surface area contributed by atoms with E-state index in [1.165, 1.54) is 110 Å². The van der Waals surface area contributed by atoms with Gasteiger partial charge in [-0.25, -0.2) is 0 Å². The van der Waals surface area contributed by atoms with E-state index in [-0.39, 0.29) is 0 Å². The van der Waals surface area contributed by atoms with Crippen LogP contribution >= 0.6 is 0 Å². The highest BCUT2D eigenvalue weighted by atomic mass is 16.5. The van der Waals surface area contributed by atoms with Gasteiger partial charge in [0.05, 0.1) is 26.4 Å². The average Bonchev–Trinajstić information content (AvgIpc) is 3.20. The van der Waals surface area contributed by atoms with Crippen molar-refractivity contribution in [2.45, 2.75) is 130 Å². The number of ether oxygens (including phenoxy) is 4. The maximum absolute atomic E-state index is 6.52. The predicted molar refractivity (Wildman–Crippen MR) is 231 cm³/mol. The van der Waals surface area contributed by atoms with Crippen LogP contribution in [0.2, 0.25) is 0 Å². The molecule has 0 aliphatic heterocycles. The number of unbranched alkanes of at least 4 members (excludes halogenated alkanes) is 12. The highest BCUT2D eigenvalue weighted by molar-refractivity contribution is 6.21. The lowest BCUT2D eigenvalue weighted by atomic mass is 9.86. The molecule has 0 aromatic heterocycles. The van der Waals surface area contributed by atoms with Gasteiger partial charge in [0.15, 0.2) is 23.0 Å². The Labute approximate surface area is 326 Å². The van der Waals surface area contributed by atoms with E-state index in [9.17, 15) is 0 Å². The van der Waals surface area contributed by atoms with Crippen molar-refractivity contribution in [2.24, 2.45) is 0 Å². The smallest absolute Gasteiger partial charge is 0.161 e. The summed E-state index contributed by atoms with van der Waals surface area (Å²) >= 11 is 0. The largest absolute Gasteiger partial charge is 0.490 e. The maximum Gasteiger partial charge on any atom is 0.161 e. The summed E-state index contributed by atoms with van der Waals surface area (Å²) in [6, 6.07) is 30.8. The van der Waals surface area contributed by atoms with E-state index in [0.29, 0.717) is 26.4 Å². The number of rotatable bonds is 26. The molecule has 0 atom stereocenters. The minimum atomic E-state index is 0.692. The molecule has 0 heterocycles. The van der Waals surface area contributed by atoms with Crippen LogP contribution in [0.4, 0.5) is 0 Å². The van der Waals surface area contributed by atoms with Crippen LogP contribution in [-0.2, 0) is 0 Å². The Balaban J connectivity index is 1.56. The molecule has 54 heavy (non-hydrogen) atoms. The average molecular weight is 731 g/mol. The topological polar surface area (TPSA) is 36.9 Å². The van der Waals surface area contributed by atoms with Crippen molar-refractivity contribution in [3.63, 3.8) is 0 Å². The molecule has 290 valence electrons. The summed E-state index contributed by atoms with van der Waals surface area (Å²) in [5.74, 6) is 3.35. The minimum absolute atomic E-state index is 0.692. The zero-order chi connectivity index (χ0) is 37.8. The Kier molecular flexibility index (Phi) is 17.4. The van der Waals surface area contributed by atoms with Crippen LogP contribution in [0, 0.1) is 0 Å². The SMILES string of the molecule is CCCCCCOc1ccc(-c2c3ccccc3c(-c3ccc(OCCCCCC)c(OCCCCCC)c3)c3ccccc23)cc1OCCCCCC. The van der Waals surface area contributed by atoms with E-state index in [1.807, 2.05) is 0 Å². The van der Waals surface area contributed by atoms with Gasteiger partial charge in [-0.3, -0.25) is 0 Å². The fourth-order valence-corrected chi connectivity index (χ4v) is 7.39. The van der Waals surface area contributed by atoms with Gasteiger partial charge >= 0.3 is 0 Å². The molecule has 5 aromatic carbocycles. The predicted octanol–water partition coefficient (Wildman–Crippen LogP) is 15.2. The Morgan fingerprint density at radius 3 is 0.907 bits per heavy atom. The lowest BCUT2D eigenvalue weighted by molar-refractivity contribution is 0.259. The van der Waals surface area contributed by atoms with Gasteiger partial charge in [0, 0.05) is 0 Å². The first-order chi connectivity index (χ1) is 26.7. The number of hydrogen-bond donors (Lipinski definition) is 0. The molecule has 0 radical (unpaired) electrons. The van der Waals surface area contributed by atoms with Gasteiger partial charge < -0.3 is 18.9 Å². The molecule has 0 unspecified atom stereocenters. The van der Waals surface area contributed by atoms with E-state index < -0.39 is 0 Å². The maximum atomic E-state index is 6.52. The summed E-state index contributed by atoms with van der Waals surface area (Å²) in [5, 5.41) is 4.86. The molecule has 0 saturated carbocycles. The van der Waals surface area contributed by atoms with Gasteiger partial charge in [-0.2, -0.15) is 0 Å². The summed E-state index contributed by atoms with van der Waals surface area (Å²) in [5.41, 5.74) is 4.71. The molecule has 0 N–H and O–H groups in total. The van der Waals surface area contributed by atoms with E-state index in [2.05, 4.69) is 113 Å². The molecule has 0 aliphatic rings.